The van der Waals surface area contributed by atoms with Crippen LogP contribution in [-0.4, -0.2) is 16.5 Å². The molecule has 0 spiro atoms. The molecule has 0 amide bonds. The summed E-state index contributed by atoms with van der Waals surface area (Å²) >= 11 is 0. The quantitative estimate of drug-likeness (QED) is 0.605. The van der Waals surface area contributed by atoms with E-state index >= 15 is 0 Å². The van der Waals surface area contributed by atoms with Crippen molar-refractivity contribution < 1.29 is 0 Å². The van der Waals surface area contributed by atoms with E-state index in [0.29, 0.717) is 13.0 Å². The van der Waals surface area contributed by atoms with Crippen molar-refractivity contribution in [2.45, 2.75) is 6.42 Å². The highest BCUT2D eigenvalue weighted by Gasteiger charge is 1.91. The van der Waals surface area contributed by atoms with Crippen LogP contribution in [0.4, 0.5) is 0 Å². The van der Waals surface area contributed by atoms with Gasteiger partial charge in [0.05, 0.1) is 18.6 Å². The van der Waals surface area contributed by atoms with Crippen LogP contribution in [0.5, 0.6) is 0 Å². The number of imidazole rings is 1. The first kappa shape index (κ1) is 5.94. The summed E-state index contributed by atoms with van der Waals surface area (Å²) in [6.07, 6.45) is 3.97. The van der Waals surface area contributed by atoms with Gasteiger partial charge < -0.3 is 4.98 Å². The second kappa shape index (κ2) is 2.96. The van der Waals surface area contributed by atoms with Crippen LogP contribution in [0.3, 0.4) is 0 Å². The minimum atomic E-state index is 0.310. The molecule has 0 saturated heterocycles. The summed E-state index contributed by atoms with van der Waals surface area (Å²) in [4.78, 5) is 16.3. The smallest absolute Gasteiger partial charge is 0.0923 e. The van der Waals surface area contributed by atoms with Crippen molar-refractivity contribution in [3.05, 3.63) is 23.1 Å². The van der Waals surface area contributed by atoms with Gasteiger partial charge in [-0.15, -0.1) is 0 Å². The molecular formula is C5H7N3O. The van der Waals surface area contributed by atoms with Crippen molar-refractivity contribution in [3.8, 4) is 0 Å². The number of hydrogen-bond donors (Lipinski definition) is 1. The van der Waals surface area contributed by atoms with Crippen molar-refractivity contribution >= 4 is 0 Å². The standard InChI is InChI=1S/C5H7N3O/c9-8-2-1-5-3-6-4-7-5/h3-4H,1-2H2,(H,6,7). The number of rotatable bonds is 3. The largest absolute Gasteiger partial charge is 0.351 e. The van der Waals surface area contributed by atoms with E-state index in [1.165, 1.54) is 0 Å². The minimum Gasteiger partial charge on any atom is -0.351 e. The average molecular weight is 125 g/mol. The third kappa shape index (κ3) is 1.64. The van der Waals surface area contributed by atoms with Crippen LogP contribution in [0, 0.1) is 4.91 Å². The third-order valence-corrected chi connectivity index (χ3v) is 1.01. The molecule has 0 saturated carbocycles. The van der Waals surface area contributed by atoms with E-state index in [9.17, 15) is 4.91 Å². The van der Waals surface area contributed by atoms with Gasteiger partial charge in [-0.1, -0.05) is 5.18 Å². The van der Waals surface area contributed by atoms with Crippen molar-refractivity contribution in [2.75, 3.05) is 6.54 Å². The fraction of sp³-hybridized carbons (Fsp3) is 0.400. The molecule has 0 unspecified atom stereocenters. The maximum absolute atomic E-state index is 9.61. The Morgan fingerprint density at radius 3 is 3.22 bits per heavy atom. The Morgan fingerprint density at radius 1 is 1.78 bits per heavy atom. The SMILES string of the molecule is O=NCCc1c[nH]cn1. The lowest BCUT2D eigenvalue weighted by Gasteiger charge is -1.83. The van der Waals surface area contributed by atoms with Gasteiger partial charge in [-0.2, -0.15) is 4.91 Å². The van der Waals surface area contributed by atoms with Gasteiger partial charge in [-0.25, -0.2) is 4.98 Å². The first-order chi connectivity index (χ1) is 4.43. The summed E-state index contributed by atoms with van der Waals surface area (Å²) in [5.74, 6) is 0. The highest BCUT2D eigenvalue weighted by Crippen LogP contribution is 1.91. The molecule has 48 valence electrons. The minimum absolute atomic E-state index is 0.310. The first-order valence-corrected chi connectivity index (χ1v) is 2.70. The van der Waals surface area contributed by atoms with Crippen molar-refractivity contribution in [1.82, 2.24) is 9.97 Å². The van der Waals surface area contributed by atoms with Gasteiger partial charge >= 0.3 is 0 Å². The summed E-state index contributed by atoms with van der Waals surface area (Å²) < 4.78 is 0. The van der Waals surface area contributed by atoms with Crippen LogP contribution < -0.4 is 0 Å². The maximum atomic E-state index is 9.61. The lowest BCUT2D eigenvalue weighted by atomic mass is 10.3. The fourth-order valence-corrected chi connectivity index (χ4v) is 0.588. The molecule has 4 heteroatoms. The van der Waals surface area contributed by atoms with E-state index in [4.69, 9.17) is 0 Å². The lowest BCUT2D eigenvalue weighted by Crippen LogP contribution is -1.86. The van der Waals surface area contributed by atoms with Crippen LogP contribution in [-0.2, 0) is 6.42 Å². The van der Waals surface area contributed by atoms with Gasteiger partial charge in [0.1, 0.15) is 0 Å². The number of hydrogen-bond acceptors (Lipinski definition) is 3. The van der Waals surface area contributed by atoms with E-state index in [2.05, 4.69) is 15.1 Å². The first-order valence-electron chi connectivity index (χ1n) is 2.70. The predicted octanol–water partition coefficient (Wildman–Crippen LogP) is 0.719. The molecule has 0 aliphatic carbocycles. The van der Waals surface area contributed by atoms with Crippen LogP contribution in [0.2, 0.25) is 0 Å². The van der Waals surface area contributed by atoms with Gasteiger partial charge in [0.15, 0.2) is 0 Å². The predicted molar refractivity (Wildman–Crippen MR) is 33.0 cm³/mol. The topological polar surface area (TPSA) is 58.1 Å². The molecule has 0 atom stereocenters. The number of nitroso groups, excluding NO2 is 1. The molecular weight excluding hydrogens is 118 g/mol. The van der Waals surface area contributed by atoms with Crippen molar-refractivity contribution in [2.24, 2.45) is 5.18 Å². The van der Waals surface area contributed by atoms with Crippen molar-refractivity contribution in [3.63, 3.8) is 0 Å². The maximum Gasteiger partial charge on any atom is 0.0923 e. The number of nitrogens with one attached hydrogen (secondary N) is 1. The zero-order valence-corrected chi connectivity index (χ0v) is 4.87. The highest BCUT2D eigenvalue weighted by molar-refractivity contribution is 4.94. The molecule has 9 heavy (non-hydrogen) atoms. The second-order valence-electron chi connectivity index (χ2n) is 1.66. The molecule has 1 rings (SSSR count). The summed E-state index contributed by atoms with van der Waals surface area (Å²) in [6, 6.07) is 0. The molecule has 0 fully saturated rings. The molecule has 0 aliphatic rings. The van der Waals surface area contributed by atoms with Crippen LogP contribution in [0.25, 0.3) is 0 Å². The van der Waals surface area contributed by atoms with E-state index in [-0.39, 0.29) is 0 Å². The molecule has 1 N–H and O–H groups in total. The number of nitrogens with zero attached hydrogens (tertiary/aromatic N) is 2. The Balaban J connectivity index is 2.38. The molecule has 0 bridgehead atoms. The summed E-state index contributed by atoms with van der Waals surface area (Å²) in [5.41, 5.74) is 0.884. The molecule has 0 aromatic carbocycles. The molecule has 1 aromatic heterocycles. The Hall–Kier alpha value is -1.19. The van der Waals surface area contributed by atoms with Gasteiger partial charge in [-0.05, 0) is 0 Å². The number of H-pyrrole nitrogens is 1. The lowest BCUT2D eigenvalue weighted by molar-refractivity contribution is 0.928. The van der Waals surface area contributed by atoms with Gasteiger partial charge in [0, 0.05) is 12.6 Å². The van der Waals surface area contributed by atoms with Crippen molar-refractivity contribution in [1.29, 1.82) is 0 Å². The van der Waals surface area contributed by atoms with Gasteiger partial charge in [-0.3, -0.25) is 0 Å². The van der Waals surface area contributed by atoms with Crippen LogP contribution in [0.15, 0.2) is 17.7 Å². The fourth-order valence-electron chi connectivity index (χ4n) is 0.588. The average Bonchev–Trinajstić information content (AvgIpc) is 2.34. The van der Waals surface area contributed by atoms with E-state index in [0.717, 1.165) is 5.69 Å². The highest BCUT2D eigenvalue weighted by atomic mass is 16.3. The van der Waals surface area contributed by atoms with E-state index in [1.54, 1.807) is 12.5 Å². The molecule has 0 radical (unpaired) electrons. The third-order valence-electron chi connectivity index (χ3n) is 1.01. The van der Waals surface area contributed by atoms with Gasteiger partial charge in [0.2, 0.25) is 0 Å². The molecule has 1 aromatic rings. The van der Waals surface area contributed by atoms with E-state index in [1.807, 2.05) is 0 Å². The number of aromatic nitrogens is 2. The van der Waals surface area contributed by atoms with Gasteiger partial charge in [0.25, 0.3) is 0 Å². The summed E-state index contributed by atoms with van der Waals surface area (Å²) in [7, 11) is 0. The zero-order valence-electron chi connectivity index (χ0n) is 4.87. The monoisotopic (exact) mass is 125 g/mol. The van der Waals surface area contributed by atoms with E-state index < -0.39 is 0 Å². The number of aromatic amines is 1. The van der Waals surface area contributed by atoms with Crippen LogP contribution >= 0.6 is 0 Å². The Kier molecular flexibility index (Phi) is 1.95. The summed E-state index contributed by atoms with van der Waals surface area (Å²) in [6.45, 7) is 0.310. The second-order valence-corrected chi connectivity index (χ2v) is 1.66. The van der Waals surface area contributed by atoms with Crippen LogP contribution in [0.1, 0.15) is 5.69 Å². The Bertz CT molecular complexity index is 170. The molecule has 0 aliphatic heterocycles. The summed E-state index contributed by atoms with van der Waals surface area (Å²) in [5, 5.41) is 2.71. The molecule has 1 heterocycles. The zero-order chi connectivity index (χ0) is 6.53. The Labute approximate surface area is 52.3 Å². The normalized spacial score (nSPS) is 9.33. The Morgan fingerprint density at radius 2 is 2.67 bits per heavy atom. The molecule has 4 nitrogen and oxygen atoms in total.